The lowest BCUT2D eigenvalue weighted by atomic mass is 10.1. The number of amides is 1. The van der Waals surface area contributed by atoms with Crippen LogP contribution in [0.4, 0.5) is 20.7 Å². The number of anilines is 2. The Morgan fingerprint density at radius 3 is 2.58 bits per heavy atom. The molecular weight excluding hydrogens is 427 g/mol. The number of pyridine rings is 1. The lowest BCUT2D eigenvalue weighted by Crippen LogP contribution is -2.19. The van der Waals surface area contributed by atoms with Crippen LogP contribution in [0.15, 0.2) is 36.4 Å². The van der Waals surface area contributed by atoms with Crippen molar-refractivity contribution >= 4 is 27.6 Å². The highest BCUT2D eigenvalue weighted by Gasteiger charge is 2.21. The fourth-order valence-corrected chi connectivity index (χ4v) is 3.44. The zero-order valence-corrected chi connectivity index (χ0v) is 18.1. The molecule has 2 aromatic heterocycles. The minimum atomic E-state index is -3.46. The first-order chi connectivity index (χ1) is 14.5. The van der Waals surface area contributed by atoms with Crippen molar-refractivity contribution in [2.24, 2.45) is 7.05 Å². The van der Waals surface area contributed by atoms with Crippen molar-refractivity contribution in [3.05, 3.63) is 53.5 Å². The number of aromatic nitrogens is 4. The van der Waals surface area contributed by atoms with Gasteiger partial charge in [-0.2, -0.15) is 0 Å². The van der Waals surface area contributed by atoms with Crippen LogP contribution in [0.2, 0.25) is 0 Å². The highest BCUT2D eigenvalue weighted by Crippen LogP contribution is 2.27. The van der Waals surface area contributed by atoms with E-state index in [1.807, 2.05) is 0 Å². The van der Waals surface area contributed by atoms with Gasteiger partial charge in [-0.05, 0) is 32.0 Å². The van der Waals surface area contributed by atoms with Crippen LogP contribution >= 0.6 is 0 Å². The quantitative estimate of drug-likeness (QED) is 0.593. The Balaban J connectivity index is 1.80. The number of sulfonamides is 1. The zero-order chi connectivity index (χ0) is 22.8. The van der Waals surface area contributed by atoms with Gasteiger partial charge >= 0.3 is 6.09 Å². The van der Waals surface area contributed by atoms with Crippen LogP contribution < -0.4 is 10.0 Å². The lowest BCUT2D eigenvalue weighted by molar-refractivity contribution is 0.119. The Labute approximate surface area is 178 Å². The summed E-state index contributed by atoms with van der Waals surface area (Å²) in [4.78, 5) is 16.7. The first-order valence-corrected chi connectivity index (χ1v) is 11.0. The van der Waals surface area contributed by atoms with Gasteiger partial charge in [0, 0.05) is 12.6 Å². The highest BCUT2D eigenvalue weighted by atomic mass is 32.2. The number of nitrogens with zero attached hydrogens (tertiary/aromatic N) is 4. The molecule has 0 aliphatic carbocycles. The van der Waals surface area contributed by atoms with Crippen LogP contribution in [0.3, 0.4) is 0 Å². The number of halogens is 1. The van der Waals surface area contributed by atoms with Gasteiger partial charge in [0.05, 0.1) is 23.3 Å². The summed E-state index contributed by atoms with van der Waals surface area (Å²) in [5.74, 6) is -0.269. The van der Waals surface area contributed by atoms with Crippen molar-refractivity contribution < 1.29 is 22.3 Å². The maximum atomic E-state index is 13.9. The molecule has 2 N–H and O–H groups in total. The molecular formula is C19H21FN6O4S. The second-order valence-electron chi connectivity index (χ2n) is 6.81. The number of carbonyl (C=O) groups is 1. The van der Waals surface area contributed by atoms with Gasteiger partial charge in [-0.15, -0.1) is 5.10 Å². The first-order valence-electron chi connectivity index (χ1n) is 9.12. The molecule has 1 atom stereocenters. The first kappa shape index (κ1) is 22.2. The maximum Gasteiger partial charge on any atom is 0.413 e. The lowest BCUT2D eigenvalue weighted by Gasteiger charge is -2.15. The van der Waals surface area contributed by atoms with Gasteiger partial charge < -0.3 is 4.74 Å². The van der Waals surface area contributed by atoms with Gasteiger partial charge in [-0.3, -0.25) is 10.0 Å². The predicted molar refractivity (Wildman–Crippen MR) is 112 cm³/mol. The molecule has 10 nitrogen and oxygen atoms in total. The number of rotatable bonds is 6. The molecule has 164 valence electrons. The molecule has 3 aromatic rings. The molecule has 1 amide bonds. The molecule has 0 unspecified atom stereocenters. The number of aryl methyl sites for hydroxylation is 2. The Kier molecular flexibility index (Phi) is 6.20. The second kappa shape index (κ2) is 8.68. The van der Waals surface area contributed by atoms with Gasteiger partial charge in [0.2, 0.25) is 10.0 Å². The summed E-state index contributed by atoms with van der Waals surface area (Å²) in [6.07, 6.45) is -0.610. The standard InChI is InChI=1S/C19H21FN6O4S/c1-11-15(24-31(4,28)29)9-10-16(21-11)17-18(26(3)25-23-17)22-19(27)30-12(2)13-7-5-6-8-14(13)20/h5-10,12,24H,1-4H3,(H,22,27)/t12-/m1/s1. The van der Waals surface area contributed by atoms with Crippen LogP contribution in [-0.2, 0) is 21.8 Å². The SMILES string of the molecule is Cc1nc(-c2nnn(C)c2NC(=O)O[C@H](C)c2ccccc2F)ccc1NS(C)(=O)=O. The highest BCUT2D eigenvalue weighted by molar-refractivity contribution is 7.92. The Hall–Kier alpha value is -3.54. The van der Waals surface area contributed by atoms with Gasteiger partial charge in [-0.1, -0.05) is 23.4 Å². The van der Waals surface area contributed by atoms with E-state index in [0.717, 1.165) is 6.26 Å². The molecule has 3 rings (SSSR count). The molecule has 1 aromatic carbocycles. The minimum Gasteiger partial charge on any atom is -0.441 e. The van der Waals surface area contributed by atoms with E-state index in [-0.39, 0.29) is 17.1 Å². The summed E-state index contributed by atoms with van der Waals surface area (Å²) in [5.41, 5.74) is 1.60. The summed E-state index contributed by atoms with van der Waals surface area (Å²) < 4.78 is 45.8. The molecule has 0 radical (unpaired) electrons. The molecule has 0 aliphatic rings. The van der Waals surface area contributed by atoms with Gasteiger partial charge in [0.25, 0.3) is 0 Å². The Morgan fingerprint density at radius 1 is 1.23 bits per heavy atom. The topological polar surface area (TPSA) is 128 Å². The van der Waals surface area contributed by atoms with Gasteiger partial charge in [-0.25, -0.2) is 27.3 Å². The van der Waals surface area contributed by atoms with Crippen LogP contribution in [0, 0.1) is 12.7 Å². The number of nitrogens with one attached hydrogen (secondary N) is 2. The summed E-state index contributed by atoms with van der Waals surface area (Å²) in [6, 6.07) is 9.09. The number of hydrogen-bond donors (Lipinski definition) is 2. The summed E-state index contributed by atoms with van der Waals surface area (Å²) >= 11 is 0. The summed E-state index contributed by atoms with van der Waals surface area (Å²) in [6.45, 7) is 3.18. The minimum absolute atomic E-state index is 0.210. The van der Waals surface area contributed by atoms with E-state index >= 15 is 0 Å². The molecule has 0 saturated carbocycles. The van der Waals surface area contributed by atoms with Crippen molar-refractivity contribution in [3.8, 4) is 11.4 Å². The monoisotopic (exact) mass is 448 g/mol. The third-order valence-electron chi connectivity index (χ3n) is 4.30. The van der Waals surface area contributed by atoms with E-state index in [4.69, 9.17) is 4.74 Å². The number of benzene rings is 1. The van der Waals surface area contributed by atoms with E-state index in [2.05, 4.69) is 25.3 Å². The van der Waals surface area contributed by atoms with Crippen molar-refractivity contribution in [1.29, 1.82) is 0 Å². The smallest absolute Gasteiger partial charge is 0.413 e. The van der Waals surface area contributed by atoms with Crippen LogP contribution in [0.5, 0.6) is 0 Å². The van der Waals surface area contributed by atoms with E-state index in [1.165, 1.54) is 22.9 Å². The number of carbonyl (C=O) groups excluding carboxylic acids is 1. The summed E-state index contributed by atoms with van der Waals surface area (Å²) in [7, 11) is -1.89. The van der Waals surface area contributed by atoms with Crippen LogP contribution in [0.25, 0.3) is 11.4 Å². The Morgan fingerprint density at radius 2 is 1.94 bits per heavy atom. The number of hydrogen-bond acceptors (Lipinski definition) is 7. The third kappa shape index (κ3) is 5.34. The summed E-state index contributed by atoms with van der Waals surface area (Å²) in [5, 5.41) is 10.5. The molecule has 12 heteroatoms. The third-order valence-corrected chi connectivity index (χ3v) is 4.89. The van der Waals surface area contributed by atoms with E-state index in [1.54, 1.807) is 39.1 Å². The van der Waals surface area contributed by atoms with Crippen molar-refractivity contribution in [2.75, 3.05) is 16.3 Å². The predicted octanol–water partition coefficient (Wildman–Crippen LogP) is 3.01. The molecule has 31 heavy (non-hydrogen) atoms. The zero-order valence-electron chi connectivity index (χ0n) is 17.2. The average Bonchev–Trinajstić information content (AvgIpc) is 3.03. The molecule has 0 aliphatic heterocycles. The Bertz CT molecular complexity index is 1230. The van der Waals surface area contributed by atoms with Crippen molar-refractivity contribution in [3.63, 3.8) is 0 Å². The van der Waals surface area contributed by atoms with E-state index in [0.29, 0.717) is 17.1 Å². The molecule has 0 spiro atoms. The molecule has 0 fully saturated rings. The van der Waals surface area contributed by atoms with Crippen molar-refractivity contribution in [2.45, 2.75) is 20.0 Å². The fourth-order valence-electron chi connectivity index (χ4n) is 2.83. The van der Waals surface area contributed by atoms with Gasteiger partial charge in [0.1, 0.15) is 11.9 Å². The molecule has 2 heterocycles. The van der Waals surface area contributed by atoms with Crippen molar-refractivity contribution in [1.82, 2.24) is 20.0 Å². The largest absolute Gasteiger partial charge is 0.441 e. The normalized spacial score (nSPS) is 12.3. The van der Waals surface area contributed by atoms with Crippen LogP contribution in [-0.4, -0.2) is 40.7 Å². The second-order valence-corrected chi connectivity index (χ2v) is 8.56. The van der Waals surface area contributed by atoms with Gasteiger partial charge in [0.15, 0.2) is 11.5 Å². The molecule has 0 bridgehead atoms. The van der Waals surface area contributed by atoms with E-state index in [9.17, 15) is 17.6 Å². The van der Waals surface area contributed by atoms with Crippen LogP contribution in [0.1, 0.15) is 24.3 Å². The maximum absolute atomic E-state index is 13.9. The van der Waals surface area contributed by atoms with E-state index < -0.39 is 28.0 Å². The fraction of sp³-hybridized carbons (Fsp3) is 0.263. The number of ether oxygens (including phenoxy) is 1. The molecule has 0 saturated heterocycles. The average molecular weight is 448 g/mol.